The number of carbonyl (C=O) groups excluding carboxylic acids is 2. The van der Waals surface area contributed by atoms with Crippen molar-refractivity contribution < 1.29 is 19.4 Å². The van der Waals surface area contributed by atoms with Crippen molar-refractivity contribution >= 4 is 39.1 Å². The molecular weight excluding hydrogens is 526 g/mol. The number of pyridine rings is 1. The number of amides is 2. The van der Waals surface area contributed by atoms with Crippen LogP contribution in [0.15, 0.2) is 67.0 Å². The van der Waals surface area contributed by atoms with Crippen molar-refractivity contribution in [3.8, 4) is 5.75 Å². The first-order valence-corrected chi connectivity index (χ1v) is 14.1. The number of carbonyl (C=O) groups is 2. The summed E-state index contributed by atoms with van der Waals surface area (Å²) in [5.41, 5.74) is 2.64. The number of para-hydroxylation sites is 2. The molecule has 2 aromatic carbocycles. The molecule has 208 valence electrons. The number of rotatable bonds is 8. The minimum absolute atomic E-state index is 0.0565. The molecule has 0 radical (unpaired) electrons. The molecule has 10 heteroatoms. The summed E-state index contributed by atoms with van der Waals surface area (Å²) in [4.78, 5) is 39.5. The standard InChI is InChI=1S/C30H33N5O4S/c1-19-15-35(20(2)18-36)30(38)22-7-6-9-24(32-28(37)29-33-23-8-4-5-10-26(23)40-29)27(22)39-25(19)17-34(3)16-21-11-13-31-14-12-21/h4-14,19-20,25,36H,15-18H2,1-3H3,(H,32,37)/t19-,20+,25+/m0/s1. The van der Waals surface area contributed by atoms with Crippen molar-refractivity contribution in [2.75, 3.05) is 32.1 Å². The molecule has 0 spiro atoms. The maximum atomic E-state index is 13.7. The van der Waals surface area contributed by atoms with Gasteiger partial charge in [-0.3, -0.25) is 19.5 Å². The van der Waals surface area contributed by atoms with E-state index in [1.807, 2.05) is 57.3 Å². The van der Waals surface area contributed by atoms with Gasteiger partial charge in [-0.15, -0.1) is 11.3 Å². The number of ether oxygens (including phenoxy) is 1. The summed E-state index contributed by atoms with van der Waals surface area (Å²) in [5, 5.41) is 13.2. The number of hydrogen-bond donors (Lipinski definition) is 2. The van der Waals surface area contributed by atoms with Crippen LogP contribution in [-0.2, 0) is 6.54 Å². The summed E-state index contributed by atoms with van der Waals surface area (Å²) in [7, 11) is 2.02. The van der Waals surface area contributed by atoms with Gasteiger partial charge in [-0.2, -0.15) is 0 Å². The number of aliphatic hydroxyl groups is 1. The van der Waals surface area contributed by atoms with Crippen molar-refractivity contribution in [3.63, 3.8) is 0 Å². The van der Waals surface area contributed by atoms with Crippen LogP contribution in [0, 0.1) is 5.92 Å². The molecule has 2 aromatic heterocycles. The normalized spacial score (nSPS) is 18.1. The van der Waals surface area contributed by atoms with Crippen LogP contribution in [0.1, 0.15) is 39.6 Å². The van der Waals surface area contributed by atoms with E-state index in [0.29, 0.717) is 41.6 Å². The number of anilines is 1. The monoisotopic (exact) mass is 559 g/mol. The van der Waals surface area contributed by atoms with E-state index in [-0.39, 0.29) is 36.5 Å². The Hall–Kier alpha value is -3.86. The Morgan fingerprint density at radius 2 is 1.98 bits per heavy atom. The minimum atomic E-state index is -0.378. The summed E-state index contributed by atoms with van der Waals surface area (Å²) in [6.07, 6.45) is 3.25. The van der Waals surface area contributed by atoms with Gasteiger partial charge in [0.15, 0.2) is 10.8 Å². The first-order chi connectivity index (χ1) is 19.3. The number of hydrogen-bond acceptors (Lipinski definition) is 8. The van der Waals surface area contributed by atoms with Crippen LogP contribution in [0.25, 0.3) is 10.2 Å². The van der Waals surface area contributed by atoms with E-state index in [1.165, 1.54) is 11.3 Å². The second-order valence-corrected chi connectivity index (χ2v) is 11.3. The van der Waals surface area contributed by atoms with Gasteiger partial charge in [-0.05, 0) is 55.9 Å². The zero-order chi connectivity index (χ0) is 28.2. The number of nitrogens with zero attached hydrogens (tertiary/aromatic N) is 4. The fraction of sp³-hybridized carbons (Fsp3) is 0.333. The Bertz CT molecular complexity index is 1460. The smallest absolute Gasteiger partial charge is 0.284 e. The third kappa shape index (κ3) is 5.99. The van der Waals surface area contributed by atoms with Crippen molar-refractivity contribution in [2.45, 2.75) is 32.5 Å². The van der Waals surface area contributed by atoms with E-state index < -0.39 is 0 Å². The van der Waals surface area contributed by atoms with Gasteiger partial charge in [-0.25, -0.2) is 4.98 Å². The quantitative estimate of drug-likeness (QED) is 0.332. The number of aliphatic hydroxyl groups excluding tert-OH is 1. The first-order valence-electron chi connectivity index (χ1n) is 13.3. The Balaban J connectivity index is 1.47. The highest BCUT2D eigenvalue weighted by Crippen LogP contribution is 2.35. The van der Waals surface area contributed by atoms with Gasteiger partial charge in [0, 0.05) is 37.9 Å². The average Bonchev–Trinajstić information content (AvgIpc) is 3.40. The molecule has 1 aliphatic heterocycles. The molecule has 3 heterocycles. The highest BCUT2D eigenvalue weighted by Gasteiger charge is 2.34. The molecule has 0 fully saturated rings. The van der Waals surface area contributed by atoms with Crippen LogP contribution in [-0.4, -0.2) is 75.6 Å². The highest BCUT2D eigenvalue weighted by atomic mass is 32.1. The lowest BCUT2D eigenvalue weighted by Gasteiger charge is -2.38. The van der Waals surface area contributed by atoms with E-state index in [1.54, 1.807) is 35.5 Å². The van der Waals surface area contributed by atoms with E-state index in [2.05, 4.69) is 20.2 Å². The maximum absolute atomic E-state index is 13.7. The number of nitrogens with one attached hydrogen (secondary N) is 1. The third-order valence-corrected chi connectivity index (χ3v) is 8.16. The van der Waals surface area contributed by atoms with E-state index >= 15 is 0 Å². The van der Waals surface area contributed by atoms with E-state index in [4.69, 9.17) is 4.74 Å². The number of fused-ring (bicyclic) bond motifs is 2. The summed E-state index contributed by atoms with van der Waals surface area (Å²) >= 11 is 1.31. The molecule has 0 saturated heterocycles. The molecule has 3 atom stereocenters. The van der Waals surface area contributed by atoms with E-state index in [0.717, 1.165) is 15.8 Å². The SMILES string of the molecule is C[C@H](CO)N1C[C@H](C)[C@@H](CN(C)Cc2ccncc2)Oc2c(NC(=O)c3nc4ccccc4s3)cccc2C1=O. The molecule has 5 rings (SSSR count). The van der Waals surface area contributed by atoms with Crippen molar-refractivity contribution in [1.82, 2.24) is 19.8 Å². The first kappa shape index (κ1) is 27.7. The molecule has 2 amide bonds. The maximum Gasteiger partial charge on any atom is 0.284 e. The average molecular weight is 560 g/mol. The topological polar surface area (TPSA) is 108 Å². The third-order valence-electron chi connectivity index (χ3n) is 7.12. The van der Waals surface area contributed by atoms with Crippen molar-refractivity contribution in [2.24, 2.45) is 5.92 Å². The Kier molecular flexibility index (Phi) is 8.39. The molecule has 40 heavy (non-hydrogen) atoms. The van der Waals surface area contributed by atoms with Gasteiger partial charge in [0.1, 0.15) is 6.10 Å². The Morgan fingerprint density at radius 1 is 1.20 bits per heavy atom. The molecule has 0 unspecified atom stereocenters. The zero-order valence-corrected chi connectivity index (χ0v) is 23.6. The predicted molar refractivity (Wildman–Crippen MR) is 156 cm³/mol. The van der Waals surface area contributed by atoms with Crippen LogP contribution in [0.4, 0.5) is 5.69 Å². The lowest BCUT2D eigenvalue weighted by Crippen LogP contribution is -2.49. The van der Waals surface area contributed by atoms with Gasteiger partial charge in [0.2, 0.25) is 0 Å². The van der Waals surface area contributed by atoms with Crippen LogP contribution < -0.4 is 10.1 Å². The second kappa shape index (κ2) is 12.1. The lowest BCUT2D eigenvalue weighted by molar-refractivity contribution is 0.0343. The van der Waals surface area contributed by atoms with Crippen molar-refractivity contribution in [3.05, 3.63) is 83.1 Å². The molecule has 0 aliphatic carbocycles. The van der Waals surface area contributed by atoms with Gasteiger partial charge >= 0.3 is 0 Å². The Morgan fingerprint density at radius 3 is 2.73 bits per heavy atom. The molecule has 0 saturated carbocycles. The van der Waals surface area contributed by atoms with Gasteiger partial charge in [0.25, 0.3) is 11.8 Å². The fourth-order valence-electron chi connectivity index (χ4n) is 4.88. The number of benzene rings is 2. The summed E-state index contributed by atoms with van der Waals surface area (Å²) in [6.45, 7) is 5.43. The van der Waals surface area contributed by atoms with Crippen LogP contribution in [0.3, 0.4) is 0 Å². The van der Waals surface area contributed by atoms with Gasteiger partial charge < -0.3 is 20.1 Å². The number of aromatic nitrogens is 2. The predicted octanol–water partition coefficient (Wildman–Crippen LogP) is 4.30. The molecule has 2 N–H and O–H groups in total. The van der Waals surface area contributed by atoms with E-state index in [9.17, 15) is 14.7 Å². The molecule has 1 aliphatic rings. The summed E-state index contributed by atoms with van der Waals surface area (Å²) in [5.74, 6) is -0.347. The lowest BCUT2D eigenvalue weighted by atomic mass is 9.99. The Labute approximate surface area is 237 Å². The minimum Gasteiger partial charge on any atom is -0.486 e. The molecule has 0 bridgehead atoms. The number of likely N-dealkylation sites (N-methyl/N-ethyl adjacent to an activating group) is 1. The fourth-order valence-corrected chi connectivity index (χ4v) is 5.74. The highest BCUT2D eigenvalue weighted by molar-refractivity contribution is 7.20. The summed E-state index contributed by atoms with van der Waals surface area (Å²) < 4.78 is 7.54. The largest absolute Gasteiger partial charge is 0.486 e. The van der Waals surface area contributed by atoms with Gasteiger partial charge in [-0.1, -0.05) is 25.1 Å². The summed E-state index contributed by atoms with van der Waals surface area (Å²) in [6, 6.07) is 16.3. The second-order valence-electron chi connectivity index (χ2n) is 10.3. The van der Waals surface area contributed by atoms with Gasteiger partial charge in [0.05, 0.1) is 34.1 Å². The molecular formula is C30H33N5O4S. The van der Waals surface area contributed by atoms with Crippen LogP contribution >= 0.6 is 11.3 Å². The van der Waals surface area contributed by atoms with Crippen LogP contribution in [0.5, 0.6) is 5.75 Å². The van der Waals surface area contributed by atoms with Crippen LogP contribution in [0.2, 0.25) is 0 Å². The molecule has 9 nitrogen and oxygen atoms in total. The zero-order valence-electron chi connectivity index (χ0n) is 22.8. The number of thiazole rings is 1. The van der Waals surface area contributed by atoms with Crippen molar-refractivity contribution in [1.29, 1.82) is 0 Å². The molecule has 4 aromatic rings.